The normalized spacial score (nSPS) is 11.5. The van der Waals surface area contributed by atoms with Gasteiger partial charge in [0.25, 0.3) is 5.56 Å². The molecule has 0 saturated heterocycles. The first-order valence-corrected chi connectivity index (χ1v) is 9.48. The minimum absolute atomic E-state index is 0.102. The van der Waals surface area contributed by atoms with E-state index >= 15 is 0 Å². The number of rotatable bonds is 8. The van der Waals surface area contributed by atoms with E-state index in [0.29, 0.717) is 31.0 Å². The minimum Gasteiger partial charge on any atom is -0.384 e. The van der Waals surface area contributed by atoms with Crippen molar-refractivity contribution in [2.45, 2.75) is 59.2 Å². The number of nitrogens with one attached hydrogen (secondary N) is 1. The first-order chi connectivity index (χ1) is 12.9. The number of nitrogen functional groups attached to an aromatic ring is 1. The molecule has 27 heavy (non-hydrogen) atoms. The average molecular weight is 394 g/mol. The van der Waals surface area contributed by atoms with Crippen molar-refractivity contribution in [3.8, 4) is 0 Å². The summed E-state index contributed by atoms with van der Waals surface area (Å²) in [4.78, 5) is 36.7. The van der Waals surface area contributed by atoms with E-state index in [4.69, 9.17) is 17.3 Å². The molecule has 3 aromatic heterocycles. The van der Waals surface area contributed by atoms with Gasteiger partial charge in [0.05, 0.1) is 6.20 Å². The van der Waals surface area contributed by atoms with Crippen molar-refractivity contribution < 1.29 is 0 Å². The summed E-state index contributed by atoms with van der Waals surface area (Å²) in [5.41, 5.74) is 5.70. The number of unbranched alkanes of at least 4 members (excludes halogenated alkanes) is 2. The van der Waals surface area contributed by atoms with Gasteiger partial charge < -0.3 is 15.3 Å². The van der Waals surface area contributed by atoms with Gasteiger partial charge in [-0.15, -0.1) is 0 Å². The fourth-order valence-electron chi connectivity index (χ4n) is 3.22. The molecule has 10 heteroatoms. The topological polar surface area (TPSA) is 117 Å². The number of imidazole rings is 2. The number of nitrogens with two attached hydrogens (primary N) is 1. The molecule has 0 bridgehead atoms. The van der Waals surface area contributed by atoms with Crippen LogP contribution in [0.4, 0.5) is 5.82 Å². The monoisotopic (exact) mass is 393 g/mol. The average Bonchev–Trinajstić information content (AvgIpc) is 3.17. The van der Waals surface area contributed by atoms with Crippen LogP contribution in [0, 0.1) is 6.92 Å². The maximum absolute atomic E-state index is 12.9. The van der Waals surface area contributed by atoms with Crippen molar-refractivity contribution in [1.82, 2.24) is 28.7 Å². The van der Waals surface area contributed by atoms with Crippen LogP contribution in [0.3, 0.4) is 0 Å². The third kappa shape index (κ3) is 3.78. The molecule has 3 rings (SSSR count). The van der Waals surface area contributed by atoms with E-state index < -0.39 is 5.56 Å². The second-order valence-corrected chi connectivity index (χ2v) is 6.92. The van der Waals surface area contributed by atoms with Crippen LogP contribution in [0.1, 0.15) is 38.4 Å². The predicted molar refractivity (Wildman–Crippen MR) is 105 cm³/mol. The van der Waals surface area contributed by atoms with Crippen LogP contribution in [0.15, 0.2) is 15.8 Å². The van der Waals surface area contributed by atoms with E-state index in [1.807, 2.05) is 11.5 Å². The Hall–Kier alpha value is -2.55. The Bertz CT molecular complexity index is 1040. The molecular formula is C17H24ClN7O2. The molecule has 0 amide bonds. The standard InChI is InChI=1S/C17H24ClN7O2/c1-3-4-5-7-24-14-13(21-16(18)22-14)15(26)25(17(24)27)9-6-8-23-11(2)20-10-12(23)19/h10H,3-9,19H2,1-2H3,(H,21,22). The highest BCUT2D eigenvalue weighted by atomic mass is 35.5. The van der Waals surface area contributed by atoms with Gasteiger partial charge in [-0.25, -0.2) is 9.78 Å². The lowest BCUT2D eigenvalue weighted by molar-refractivity contribution is 0.501. The molecule has 0 unspecified atom stereocenters. The number of aromatic nitrogens is 6. The van der Waals surface area contributed by atoms with Crippen LogP contribution in [0.2, 0.25) is 5.28 Å². The van der Waals surface area contributed by atoms with Crippen molar-refractivity contribution in [1.29, 1.82) is 0 Å². The van der Waals surface area contributed by atoms with Gasteiger partial charge in [0.15, 0.2) is 11.2 Å². The Morgan fingerprint density at radius 3 is 2.48 bits per heavy atom. The molecule has 3 heterocycles. The quantitative estimate of drug-likeness (QED) is 0.448. The summed E-state index contributed by atoms with van der Waals surface area (Å²) in [7, 11) is 0. The number of fused-ring (bicyclic) bond motifs is 1. The molecule has 0 fully saturated rings. The van der Waals surface area contributed by atoms with Gasteiger partial charge >= 0.3 is 5.69 Å². The molecule has 0 aromatic carbocycles. The highest BCUT2D eigenvalue weighted by Gasteiger charge is 2.16. The number of aromatic amines is 1. The van der Waals surface area contributed by atoms with E-state index in [1.165, 1.54) is 9.13 Å². The summed E-state index contributed by atoms with van der Waals surface area (Å²) >= 11 is 5.95. The molecular weight excluding hydrogens is 370 g/mol. The zero-order valence-electron chi connectivity index (χ0n) is 15.5. The van der Waals surface area contributed by atoms with E-state index in [-0.39, 0.29) is 23.0 Å². The van der Waals surface area contributed by atoms with Crippen molar-refractivity contribution in [3.63, 3.8) is 0 Å². The van der Waals surface area contributed by atoms with Crippen LogP contribution >= 0.6 is 11.6 Å². The van der Waals surface area contributed by atoms with Crippen LogP contribution in [-0.4, -0.2) is 28.7 Å². The smallest absolute Gasteiger partial charge is 0.332 e. The highest BCUT2D eigenvalue weighted by molar-refractivity contribution is 6.28. The third-order valence-electron chi connectivity index (χ3n) is 4.67. The predicted octanol–water partition coefficient (Wildman–Crippen LogP) is 1.91. The third-order valence-corrected chi connectivity index (χ3v) is 4.85. The lowest BCUT2D eigenvalue weighted by Gasteiger charge is -2.12. The van der Waals surface area contributed by atoms with E-state index in [9.17, 15) is 9.59 Å². The minimum atomic E-state index is -0.406. The highest BCUT2D eigenvalue weighted by Crippen LogP contribution is 2.11. The van der Waals surface area contributed by atoms with Gasteiger partial charge in [-0.05, 0) is 31.4 Å². The molecule has 0 aliphatic heterocycles. The molecule has 3 aromatic rings. The molecule has 9 nitrogen and oxygen atoms in total. The first-order valence-electron chi connectivity index (χ1n) is 9.10. The summed E-state index contributed by atoms with van der Waals surface area (Å²) in [5.74, 6) is 1.36. The van der Waals surface area contributed by atoms with Gasteiger partial charge in [0.1, 0.15) is 11.6 Å². The number of hydrogen-bond acceptors (Lipinski definition) is 5. The van der Waals surface area contributed by atoms with Crippen molar-refractivity contribution in [2.75, 3.05) is 5.73 Å². The summed E-state index contributed by atoms with van der Waals surface area (Å²) < 4.78 is 4.63. The van der Waals surface area contributed by atoms with Crippen molar-refractivity contribution >= 4 is 28.6 Å². The van der Waals surface area contributed by atoms with Gasteiger partial charge in [0.2, 0.25) is 5.28 Å². The Labute approximate surface area is 160 Å². The van der Waals surface area contributed by atoms with Crippen LogP contribution < -0.4 is 17.0 Å². The van der Waals surface area contributed by atoms with Crippen LogP contribution in [0.25, 0.3) is 11.2 Å². The Kier molecular flexibility index (Phi) is 5.69. The SMILES string of the molecule is CCCCCn1c(=O)n(CCCn2c(N)cnc2C)c(=O)c2[nH]c(Cl)nc21. The van der Waals surface area contributed by atoms with Crippen molar-refractivity contribution in [3.05, 3.63) is 38.1 Å². The number of aryl methyl sites for hydroxylation is 2. The summed E-state index contributed by atoms with van der Waals surface area (Å²) in [6, 6.07) is 0. The maximum atomic E-state index is 12.9. The second kappa shape index (κ2) is 7.99. The van der Waals surface area contributed by atoms with E-state index in [0.717, 1.165) is 25.1 Å². The van der Waals surface area contributed by atoms with Gasteiger partial charge in [-0.3, -0.25) is 13.9 Å². The Balaban J connectivity index is 1.92. The first kappa shape index (κ1) is 19.2. The largest absolute Gasteiger partial charge is 0.384 e. The lowest BCUT2D eigenvalue weighted by Crippen LogP contribution is -2.40. The van der Waals surface area contributed by atoms with Gasteiger partial charge in [-0.2, -0.15) is 4.98 Å². The summed E-state index contributed by atoms with van der Waals surface area (Å²) in [5, 5.41) is 0.102. The van der Waals surface area contributed by atoms with Crippen LogP contribution in [-0.2, 0) is 19.6 Å². The molecule has 0 spiro atoms. The maximum Gasteiger partial charge on any atom is 0.332 e. The van der Waals surface area contributed by atoms with Crippen LogP contribution in [0.5, 0.6) is 0 Å². The van der Waals surface area contributed by atoms with Gasteiger partial charge in [-0.1, -0.05) is 19.8 Å². The van der Waals surface area contributed by atoms with Gasteiger partial charge in [0, 0.05) is 19.6 Å². The molecule has 0 saturated carbocycles. The number of nitrogens with zero attached hydrogens (tertiary/aromatic N) is 5. The van der Waals surface area contributed by atoms with E-state index in [1.54, 1.807) is 6.20 Å². The van der Waals surface area contributed by atoms with Crippen molar-refractivity contribution in [2.24, 2.45) is 0 Å². The number of anilines is 1. The second-order valence-electron chi connectivity index (χ2n) is 6.56. The fourth-order valence-corrected chi connectivity index (χ4v) is 3.40. The molecule has 146 valence electrons. The zero-order chi connectivity index (χ0) is 19.6. The molecule has 0 radical (unpaired) electrons. The summed E-state index contributed by atoms with van der Waals surface area (Å²) in [6.07, 6.45) is 5.02. The summed E-state index contributed by atoms with van der Waals surface area (Å²) in [6.45, 7) is 5.30. The molecule has 0 atom stereocenters. The van der Waals surface area contributed by atoms with E-state index in [2.05, 4.69) is 21.9 Å². The number of hydrogen-bond donors (Lipinski definition) is 2. The Morgan fingerprint density at radius 1 is 1.11 bits per heavy atom. The lowest BCUT2D eigenvalue weighted by atomic mass is 10.2. The molecule has 0 aliphatic carbocycles. The molecule has 0 aliphatic rings. The molecule has 3 N–H and O–H groups in total. The number of halogens is 1. The Morgan fingerprint density at radius 2 is 1.81 bits per heavy atom. The zero-order valence-corrected chi connectivity index (χ0v) is 16.3. The fraction of sp³-hybridized carbons (Fsp3) is 0.529. The number of H-pyrrole nitrogens is 1.